The van der Waals surface area contributed by atoms with Crippen LogP contribution in [0.4, 0.5) is 39.8 Å². The van der Waals surface area contributed by atoms with Gasteiger partial charge >= 0.3 is 118 Å². The molecule has 8 rings (SSSR count). The number of para-hydroxylation sites is 1. The molecule has 20 nitrogen and oxygen atoms in total. The predicted octanol–water partition coefficient (Wildman–Crippen LogP) is -4.42. The van der Waals surface area contributed by atoms with Gasteiger partial charge in [0.1, 0.15) is 56.8 Å². The second-order valence-corrected chi connectivity index (χ2v) is 19.5. The first-order valence-corrected chi connectivity index (χ1v) is 24.2. The van der Waals surface area contributed by atoms with E-state index in [4.69, 9.17) is 0 Å². The van der Waals surface area contributed by atoms with E-state index in [-0.39, 0.29) is 163 Å². The number of hydrogen-bond donors (Lipinski definition) is 2. The summed E-state index contributed by atoms with van der Waals surface area (Å²) in [6, 6.07) is 31.1. The van der Waals surface area contributed by atoms with Gasteiger partial charge in [-0.1, -0.05) is 48.5 Å². The van der Waals surface area contributed by atoms with Crippen LogP contribution < -0.4 is 129 Å². The van der Waals surface area contributed by atoms with Gasteiger partial charge in [-0.2, -0.15) is 5.10 Å². The number of carbonyl (C=O) groups is 1. The quantitative estimate of drug-likeness (QED) is 0.0505. The number of hydrogen-bond acceptors (Lipinski definition) is 20. The molecule has 0 atom stereocenters. The van der Waals surface area contributed by atoms with Crippen molar-refractivity contribution in [3.63, 3.8) is 0 Å². The minimum Gasteiger partial charge on any atom is -0.744 e. The Bertz CT molecular complexity index is 3810. The summed E-state index contributed by atoms with van der Waals surface area (Å²) in [5.74, 6) is -1.12. The van der Waals surface area contributed by atoms with Gasteiger partial charge in [0.25, 0.3) is 0 Å². The fourth-order valence-corrected chi connectivity index (χ4v) is 8.95. The van der Waals surface area contributed by atoms with E-state index in [0.29, 0.717) is 40.3 Å². The second-order valence-electron chi connectivity index (χ2n) is 14.0. The summed E-state index contributed by atoms with van der Waals surface area (Å²) in [5.41, 5.74) is 3.85. The average molecular weight is 1060 g/mol. The predicted molar refractivity (Wildman–Crippen MR) is 236 cm³/mol. The zero-order valence-corrected chi connectivity index (χ0v) is 48.2. The van der Waals surface area contributed by atoms with Crippen LogP contribution in [0.5, 0.6) is 0 Å². The van der Waals surface area contributed by atoms with Gasteiger partial charge in [-0.25, -0.2) is 33.7 Å². The fraction of sp³-hybridized carbons (Fsp3) is 0. The molecule has 0 radical (unpaired) electrons. The minimum absolute atomic E-state index is 0. The standard InChI is InChI=1S/C42H29N7O13S4.4Na/c50-42-40(66(60,61)62)21-24-20-26(43-25-6-2-1-3-7-25)10-13-29(24)41(42)49-47-35-16-15-34(30-8-4-5-9-31(30)35)44-46-37-18-17-36(32-14-11-27(22-33(32)37)63(51,52)53)45-48-38-23-28(64(54,55)56)12-19-39(38)65(57,58)59;;;;/h1-23,43,47H,(H,51,52,53)(H,54,55,56)(H,57,58,59)(H,60,61,62);;;;/q;4*+1/p-4/b46-44?,48-45?,49-41-;;;;. The van der Waals surface area contributed by atoms with Crippen molar-refractivity contribution in [2.75, 3.05) is 10.7 Å². The number of rotatable bonds is 12. The van der Waals surface area contributed by atoms with Gasteiger partial charge in [-0.15, -0.1) is 20.5 Å². The smallest absolute Gasteiger partial charge is 0.744 e. The summed E-state index contributed by atoms with van der Waals surface area (Å²) in [6.45, 7) is 0. The van der Waals surface area contributed by atoms with Crippen molar-refractivity contribution < 1.29 is 175 Å². The van der Waals surface area contributed by atoms with Crippen LogP contribution in [0.15, 0.2) is 179 Å². The van der Waals surface area contributed by atoms with Crippen molar-refractivity contribution in [3.05, 3.63) is 149 Å². The van der Waals surface area contributed by atoms with Crippen molar-refractivity contribution in [1.29, 1.82) is 0 Å². The average Bonchev–Trinajstić information content (AvgIpc) is 3.26. The third-order valence-corrected chi connectivity index (χ3v) is 13.2. The Hall–Kier alpha value is -3.42. The maximum Gasteiger partial charge on any atom is 1.00 e. The number of anilines is 3. The molecule has 0 fully saturated rings. The van der Waals surface area contributed by atoms with Crippen molar-refractivity contribution in [3.8, 4) is 0 Å². The van der Waals surface area contributed by atoms with Gasteiger partial charge < -0.3 is 23.5 Å². The van der Waals surface area contributed by atoms with Gasteiger partial charge in [0.2, 0.25) is 5.78 Å². The summed E-state index contributed by atoms with van der Waals surface area (Å²) >= 11 is 0. The van der Waals surface area contributed by atoms with Crippen molar-refractivity contribution in [2.45, 2.75) is 14.7 Å². The van der Waals surface area contributed by atoms with Crippen LogP contribution in [0.3, 0.4) is 0 Å². The van der Waals surface area contributed by atoms with E-state index in [1.165, 1.54) is 30.3 Å². The zero-order valence-electron chi connectivity index (χ0n) is 37.0. The second kappa shape index (κ2) is 23.6. The number of azo groups is 2. The SMILES string of the molecule is O=C1C(S(=O)(=O)[O-])=Cc2cc(Nc3ccccc3)ccc2/C1=N/Nc1ccc(N=Nc2ccc(N=Nc3cc(S(=O)(=O)[O-])ccc3S(=O)(=O)[O-])c3ccc(S(=O)(=O)[O-])cc23)c2ccccc12.[Na+].[Na+].[Na+].[Na+]. The Labute approximate surface area is 488 Å². The van der Waals surface area contributed by atoms with Crippen LogP contribution >= 0.6 is 0 Å². The minimum atomic E-state index is -5.25. The number of fused-ring (bicyclic) bond motifs is 3. The molecule has 2 N–H and O–H groups in total. The van der Waals surface area contributed by atoms with E-state index >= 15 is 0 Å². The molecule has 70 heavy (non-hydrogen) atoms. The van der Waals surface area contributed by atoms with Crippen LogP contribution in [0.25, 0.3) is 27.6 Å². The molecule has 7 aromatic rings. The topological polar surface area (TPSA) is 332 Å². The van der Waals surface area contributed by atoms with Gasteiger partial charge in [0.15, 0.2) is 0 Å². The Balaban J connectivity index is 0.00000266. The zero-order chi connectivity index (χ0) is 47.2. The summed E-state index contributed by atoms with van der Waals surface area (Å²) in [6.07, 6.45) is 0.999. The number of hydrazone groups is 1. The van der Waals surface area contributed by atoms with Gasteiger partial charge in [0.05, 0.1) is 37.4 Å². The van der Waals surface area contributed by atoms with Crippen molar-refractivity contribution in [1.82, 2.24) is 0 Å². The number of allylic oxidation sites excluding steroid dienone is 1. The molecule has 0 amide bonds. The Morgan fingerprint density at radius 3 is 1.57 bits per heavy atom. The fourth-order valence-electron chi connectivity index (χ4n) is 6.77. The Kier molecular flexibility index (Phi) is 20.0. The molecule has 0 aliphatic heterocycles. The number of carbonyl (C=O) groups excluding carboxylic acids is 1. The number of benzene rings is 7. The van der Waals surface area contributed by atoms with E-state index in [1.807, 2.05) is 30.3 Å². The van der Waals surface area contributed by atoms with E-state index < -0.39 is 71.5 Å². The van der Waals surface area contributed by atoms with Crippen molar-refractivity contribution in [2.24, 2.45) is 25.6 Å². The monoisotopic (exact) mass is 1050 g/mol. The molecule has 0 bridgehead atoms. The molecule has 0 aromatic heterocycles. The molecule has 0 saturated carbocycles. The first-order chi connectivity index (χ1) is 31.1. The van der Waals surface area contributed by atoms with E-state index in [1.54, 1.807) is 42.5 Å². The third kappa shape index (κ3) is 13.4. The maximum atomic E-state index is 13.5. The molecule has 0 heterocycles. The van der Waals surface area contributed by atoms with Crippen molar-refractivity contribution >= 4 is 119 Å². The van der Waals surface area contributed by atoms with Crippen LogP contribution in [0.2, 0.25) is 0 Å². The summed E-state index contributed by atoms with van der Waals surface area (Å²) in [7, 11) is -20.6. The molecule has 28 heteroatoms. The van der Waals surface area contributed by atoms with Gasteiger partial charge in [-0.05, 0) is 96.6 Å². The van der Waals surface area contributed by atoms with Crippen LogP contribution in [0.1, 0.15) is 11.1 Å². The van der Waals surface area contributed by atoms with E-state index in [9.17, 15) is 56.7 Å². The summed E-state index contributed by atoms with van der Waals surface area (Å²) in [5, 5.41) is 24.8. The van der Waals surface area contributed by atoms with E-state index in [0.717, 1.165) is 23.9 Å². The molecule has 0 saturated heterocycles. The van der Waals surface area contributed by atoms with Crippen LogP contribution in [-0.4, -0.2) is 63.4 Å². The molecule has 1 aliphatic rings. The number of Topliss-reactive ketones (excluding diaryl/α,β-unsaturated/α-hetero) is 1. The maximum absolute atomic E-state index is 13.5. The van der Waals surface area contributed by atoms with Gasteiger partial charge in [-0.3, -0.25) is 10.2 Å². The third-order valence-electron chi connectivity index (χ3n) is 9.80. The van der Waals surface area contributed by atoms with Crippen LogP contribution in [0, 0.1) is 0 Å². The largest absolute Gasteiger partial charge is 1.00 e. The summed E-state index contributed by atoms with van der Waals surface area (Å²) in [4.78, 5) is 9.91. The van der Waals surface area contributed by atoms with Crippen LogP contribution in [-0.2, 0) is 45.3 Å². The first kappa shape index (κ1) is 59.1. The molecule has 334 valence electrons. The normalized spacial score (nSPS) is 13.5. The molecule has 0 spiro atoms. The molecule has 0 unspecified atom stereocenters. The van der Waals surface area contributed by atoms with Gasteiger partial charge in [0, 0.05) is 38.5 Å². The summed E-state index contributed by atoms with van der Waals surface area (Å²) < 4.78 is 143. The number of ketones is 1. The first-order valence-electron chi connectivity index (χ1n) is 18.6. The molecule has 1 aliphatic carbocycles. The molecular formula is C42H25N7Na4O13S4. The molecular weight excluding hydrogens is 1030 g/mol. The Morgan fingerprint density at radius 2 is 0.971 bits per heavy atom. The van der Waals surface area contributed by atoms with E-state index in [2.05, 4.69) is 36.3 Å². The Morgan fingerprint density at radius 1 is 0.443 bits per heavy atom. The number of nitrogens with zero attached hydrogens (tertiary/aromatic N) is 5. The number of nitrogens with one attached hydrogen (secondary N) is 2. The molecule has 7 aromatic carbocycles.